The quantitative estimate of drug-likeness (QED) is 0.511. The summed E-state index contributed by atoms with van der Waals surface area (Å²) in [6.45, 7) is 6.44. The molecule has 0 radical (unpaired) electrons. The number of furan rings is 1. The Morgan fingerprint density at radius 3 is 2.61 bits per heavy atom. The van der Waals surface area contributed by atoms with Crippen molar-refractivity contribution in [2.45, 2.75) is 70.5 Å². The van der Waals surface area contributed by atoms with Crippen LogP contribution < -0.4 is 0 Å². The van der Waals surface area contributed by atoms with Gasteiger partial charge < -0.3 is 14.3 Å². The van der Waals surface area contributed by atoms with Crippen molar-refractivity contribution in [1.29, 1.82) is 0 Å². The van der Waals surface area contributed by atoms with Crippen LogP contribution in [-0.2, 0) is 14.3 Å². The summed E-state index contributed by atoms with van der Waals surface area (Å²) in [6.07, 6.45) is 1.19. The number of carbonyl (C=O) groups is 3. The molecule has 4 aliphatic rings. The van der Waals surface area contributed by atoms with E-state index in [4.69, 9.17) is 9.15 Å². The van der Waals surface area contributed by atoms with Crippen LogP contribution in [0.25, 0.3) is 0 Å². The fourth-order valence-electron chi connectivity index (χ4n) is 8.15. The smallest absolute Gasteiger partial charge is 0.375 e. The minimum absolute atomic E-state index is 0.00695. The number of hydrogen-bond donors (Lipinski definition) is 1. The summed E-state index contributed by atoms with van der Waals surface area (Å²) in [5.74, 6) is -3.92. The summed E-state index contributed by atoms with van der Waals surface area (Å²) in [7, 11) is 0. The number of allylic oxidation sites excluding steroid dienone is 4. The first-order chi connectivity index (χ1) is 17.8. The van der Waals surface area contributed by atoms with Gasteiger partial charge >= 0.3 is 5.97 Å². The third-order valence-electron chi connectivity index (χ3n) is 9.96. The number of ketones is 1. The van der Waals surface area contributed by atoms with E-state index in [1.54, 1.807) is 26.8 Å². The molecule has 3 saturated carbocycles. The van der Waals surface area contributed by atoms with E-state index in [0.717, 1.165) is 6.08 Å². The Labute approximate surface area is 223 Å². The molecule has 0 amide bonds. The van der Waals surface area contributed by atoms with Gasteiger partial charge in [0.05, 0.1) is 12.4 Å². The molecule has 9 atom stereocenters. The molecule has 206 valence electrons. The predicted octanol–water partition coefficient (Wildman–Crippen LogP) is 5.24. The Bertz CT molecular complexity index is 1260. The second-order valence-corrected chi connectivity index (χ2v) is 12.5. The fraction of sp³-hybridized carbons (Fsp3) is 0.607. The van der Waals surface area contributed by atoms with Crippen LogP contribution in [0.15, 0.2) is 40.5 Å². The lowest BCUT2D eigenvalue weighted by Gasteiger charge is -2.63. The third kappa shape index (κ3) is 3.28. The number of aliphatic hydroxyl groups is 1. The van der Waals surface area contributed by atoms with Gasteiger partial charge in [-0.05, 0) is 74.6 Å². The molecule has 1 heterocycles. The highest BCUT2D eigenvalue weighted by atomic mass is 32.2. The monoisotopic (exact) mass is 552 g/mol. The number of thioether (sulfide) groups is 1. The van der Waals surface area contributed by atoms with Crippen LogP contribution in [0.5, 0.6) is 0 Å². The molecule has 5 rings (SSSR count). The summed E-state index contributed by atoms with van der Waals surface area (Å²) in [5.41, 5.74) is -6.73. The molecule has 0 unspecified atom stereocenters. The van der Waals surface area contributed by atoms with Gasteiger partial charge in [0.2, 0.25) is 10.9 Å². The number of ether oxygens (including phenoxy) is 1. The number of hydrogen-bond acceptors (Lipinski definition) is 7. The predicted molar refractivity (Wildman–Crippen MR) is 133 cm³/mol. The number of aliphatic hydroxyl groups excluding tert-OH is 1. The fourth-order valence-corrected chi connectivity index (χ4v) is 8.94. The first kappa shape index (κ1) is 27.2. The highest BCUT2D eigenvalue weighted by Crippen LogP contribution is 2.72. The average Bonchev–Trinajstić information content (AvgIpc) is 3.37. The molecule has 38 heavy (non-hydrogen) atoms. The molecule has 4 aliphatic carbocycles. The highest BCUT2D eigenvalue weighted by Gasteiger charge is 2.78. The number of carbonyl (C=O) groups excluding carboxylic acids is 3. The van der Waals surface area contributed by atoms with Gasteiger partial charge in [0.15, 0.2) is 17.1 Å². The summed E-state index contributed by atoms with van der Waals surface area (Å²) in [5, 5.41) is 10.8. The van der Waals surface area contributed by atoms with E-state index in [-0.39, 0.29) is 30.6 Å². The number of rotatable bonds is 4. The molecule has 6 nitrogen and oxygen atoms in total. The molecule has 0 spiro atoms. The molecule has 1 N–H and O–H groups in total. The largest absolute Gasteiger partial charge is 0.457 e. The Morgan fingerprint density at radius 2 is 1.97 bits per heavy atom. The number of fused-ring (bicyclic) bond motifs is 5. The van der Waals surface area contributed by atoms with Gasteiger partial charge in [-0.1, -0.05) is 19.9 Å². The lowest BCUT2D eigenvalue weighted by Crippen LogP contribution is -2.70. The van der Waals surface area contributed by atoms with E-state index < -0.39 is 75.0 Å². The maximum absolute atomic E-state index is 17.4. The first-order valence-electron chi connectivity index (χ1n) is 12.7. The Hall–Kier alpha value is -2.33. The highest BCUT2D eigenvalue weighted by molar-refractivity contribution is 8.13. The Balaban J connectivity index is 1.64. The van der Waals surface area contributed by atoms with E-state index >= 15 is 8.78 Å². The maximum Gasteiger partial charge on any atom is 0.375 e. The molecule has 1 aromatic rings. The molecular weight excluding hydrogens is 521 g/mol. The standard InChI is InChI=1S/C28H31F3O6S/c1-14-6-8-36-22(14)23(34)37-28(24(35)38-13-29)15(2)9-17-18-11-20(30)19-10-16(32)5-7-25(19,3)27(18,31)21(33)12-26(17,28)4/h5-8,10,15,17-18,20-21,33H,9,11-13H2,1-4H3/t15-,17+,18+,20+,21+,25+,26+,27+,28+/m1/s1. The van der Waals surface area contributed by atoms with Crippen molar-refractivity contribution in [3.8, 4) is 0 Å². The van der Waals surface area contributed by atoms with Crippen LogP contribution in [0.2, 0.25) is 0 Å². The zero-order chi connectivity index (χ0) is 27.8. The van der Waals surface area contributed by atoms with E-state index in [2.05, 4.69) is 0 Å². The maximum atomic E-state index is 17.4. The number of alkyl halides is 3. The van der Waals surface area contributed by atoms with Crippen LogP contribution in [0, 0.1) is 35.5 Å². The van der Waals surface area contributed by atoms with Gasteiger partial charge in [0.25, 0.3) is 0 Å². The number of halogens is 3. The topological polar surface area (TPSA) is 93.8 Å². The minimum atomic E-state index is -2.35. The second-order valence-electron chi connectivity index (χ2n) is 11.6. The molecule has 0 aliphatic heterocycles. The Kier molecular flexibility index (Phi) is 6.34. The van der Waals surface area contributed by atoms with E-state index in [1.807, 2.05) is 0 Å². The van der Waals surface area contributed by atoms with E-state index in [0.29, 0.717) is 17.3 Å². The Morgan fingerprint density at radius 1 is 1.26 bits per heavy atom. The first-order valence-corrected chi connectivity index (χ1v) is 13.7. The van der Waals surface area contributed by atoms with Crippen LogP contribution >= 0.6 is 11.8 Å². The van der Waals surface area contributed by atoms with Crippen LogP contribution in [0.4, 0.5) is 13.2 Å². The molecular formula is C28H31F3O6S. The van der Waals surface area contributed by atoms with Crippen molar-refractivity contribution in [2.75, 3.05) is 6.01 Å². The van der Waals surface area contributed by atoms with Crippen molar-refractivity contribution in [1.82, 2.24) is 0 Å². The van der Waals surface area contributed by atoms with Gasteiger partial charge in [-0.15, -0.1) is 0 Å². The lowest BCUT2D eigenvalue weighted by atomic mass is 9.44. The molecule has 10 heteroatoms. The van der Waals surface area contributed by atoms with Crippen molar-refractivity contribution in [3.63, 3.8) is 0 Å². The summed E-state index contributed by atoms with van der Waals surface area (Å²) >= 11 is 0.356. The summed E-state index contributed by atoms with van der Waals surface area (Å²) < 4.78 is 57.9. The second kappa shape index (κ2) is 8.84. The summed E-state index contributed by atoms with van der Waals surface area (Å²) in [6, 6.07) is 0.492. The van der Waals surface area contributed by atoms with Crippen molar-refractivity contribution < 1.29 is 41.8 Å². The van der Waals surface area contributed by atoms with E-state index in [1.165, 1.54) is 25.3 Å². The molecule has 1 aromatic heterocycles. The SMILES string of the molecule is Cc1ccoc1C(=O)O[C@]1(C(=O)SCF)[C@H](C)C[C@H]2[C@@H]3C[C@H](F)C4=CC(=O)C=C[C@]4(C)[C@@]3(F)[C@@H](O)C[C@@]21C. The van der Waals surface area contributed by atoms with Gasteiger partial charge in [-0.2, -0.15) is 0 Å². The van der Waals surface area contributed by atoms with Gasteiger partial charge in [-0.25, -0.2) is 18.0 Å². The van der Waals surface area contributed by atoms with Gasteiger partial charge in [0.1, 0.15) is 12.2 Å². The molecule has 0 bridgehead atoms. The zero-order valence-electron chi connectivity index (χ0n) is 21.6. The van der Waals surface area contributed by atoms with Gasteiger partial charge in [-0.3, -0.25) is 9.59 Å². The van der Waals surface area contributed by atoms with E-state index in [9.17, 15) is 23.9 Å². The molecule has 0 saturated heterocycles. The third-order valence-corrected chi connectivity index (χ3v) is 10.6. The van der Waals surface area contributed by atoms with Crippen LogP contribution in [0.3, 0.4) is 0 Å². The average molecular weight is 553 g/mol. The van der Waals surface area contributed by atoms with Crippen molar-refractivity contribution in [3.05, 3.63) is 47.5 Å². The van der Waals surface area contributed by atoms with Gasteiger partial charge in [0, 0.05) is 28.2 Å². The van der Waals surface area contributed by atoms with Crippen molar-refractivity contribution >= 4 is 28.6 Å². The molecule has 0 aromatic carbocycles. The molecule has 3 fully saturated rings. The number of esters is 1. The van der Waals surface area contributed by atoms with Crippen molar-refractivity contribution in [2.24, 2.45) is 28.6 Å². The van der Waals surface area contributed by atoms with Crippen LogP contribution in [-0.4, -0.2) is 51.5 Å². The summed E-state index contributed by atoms with van der Waals surface area (Å²) in [4.78, 5) is 39.0. The zero-order valence-corrected chi connectivity index (χ0v) is 22.4. The van der Waals surface area contributed by atoms with Crippen LogP contribution in [0.1, 0.15) is 56.2 Å². The minimum Gasteiger partial charge on any atom is -0.457 e. The number of aryl methyl sites for hydroxylation is 1. The lowest BCUT2D eigenvalue weighted by molar-refractivity contribution is -0.221. The normalized spacial score (nSPS) is 43.6.